The van der Waals surface area contributed by atoms with Gasteiger partial charge >= 0.3 is 12.4 Å². The first kappa shape index (κ1) is 18.4. The summed E-state index contributed by atoms with van der Waals surface area (Å²) in [6.45, 7) is 1.74. The standard InChI is InChI=1S/C14H9F6N5S/c1-2-26-8-3-7(13(15,16)17)5-21-11(8)12-23-10-4-9(14(18,19)20)22-6-25(10)24-12/h3-6H,2H2,1H3. The Morgan fingerprint density at radius 2 is 1.77 bits per heavy atom. The lowest BCUT2D eigenvalue weighted by atomic mass is 10.2. The predicted molar refractivity (Wildman–Crippen MR) is 80.4 cm³/mol. The number of rotatable bonds is 3. The molecular formula is C14H9F6N5S. The molecular weight excluding hydrogens is 384 g/mol. The largest absolute Gasteiger partial charge is 0.433 e. The maximum absolute atomic E-state index is 12.9. The molecule has 0 unspecified atom stereocenters. The molecule has 0 N–H and O–H groups in total. The molecule has 0 amide bonds. The fourth-order valence-corrected chi connectivity index (χ4v) is 2.89. The highest BCUT2D eigenvalue weighted by molar-refractivity contribution is 7.99. The lowest BCUT2D eigenvalue weighted by molar-refractivity contribution is -0.141. The molecule has 0 aliphatic carbocycles. The summed E-state index contributed by atoms with van der Waals surface area (Å²) in [5.74, 6) is 0.374. The van der Waals surface area contributed by atoms with Gasteiger partial charge < -0.3 is 0 Å². The normalized spacial score (nSPS) is 12.7. The van der Waals surface area contributed by atoms with Gasteiger partial charge in [-0.3, -0.25) is 4.98 Å². The minimum atomic E-state index is -4.65. The number of fused-ring (bicyclic) bond motifs is 1. The molecule has 26 heavy (non-hydrogen) atoms. The third-order valence-corrected chi connectivity index (χ3v) is 4.12. The molecule has 0 saturated heterocycles. The first-order valence-corrected chi connectivity index (χ1v) is 8.08. The van der Waals surface area contributed by atoms with Gasteiger partial charge in [-0.05, 0) is 11.8 Å². The van der Waals surface area contributed by atoms with Crippen LogP contribution in [0.2, 0.25) is 0 Å². The van der Waals surface area contributed by atoms with Crippen LogP contribution in [0.15, 0.2) is 29.6 Å². The van der Waals surface area contributed by atoms with Crippen molar-refractivity contribution < 1.29 is 26.3 Å². The van der Waals surface area contributed by atoms with Crippen molar-refractivity contribution in [3.05, 3.63) is 35.9 Å². The molecule has 138 valence electrons. The first-order valence-electron chi connectivity index (χ1n) is 7.09. The van der Waals surface area contributed by atoms with Crippen molar-refractivity contribution in [1.82, 2.24) is 24.6 Å². The molecule has 0 aliphatic heterocycles. The van der Waals surface area contributed by atoms with E-state index in [1.807, 2.05) is 0 Å². The van der Waals surface area contributed by atoms with Gasteiger partial charge in [0.1, 0.15) is 17.7 Å². The van der Waals surface area contributed by atoms with Crippen LogP contribution in [0, 0.1) is 0 Å². The number of hydrogen-bond acceptors (Lipinski definition) is 5. The minimum absolute atomic E-state index is 0.0575. The van der Waals surface area contributed by atoms with Crippen LogP contribution in [0.25, 0.3) is 17.2 Å². The van der Waals surface area contributed by atoms with E-state index in [9.17, 15) is 26.3 Å². The van der Waals surface area contributed by atoms with Crippen LogP contribution < -0.4 is 0 Å². The number of alkyl halides is 6. The van der Waals surface area contributed by atoms with E-state index in [0.717, 1.165) is 28.7 Å². The second-order valence-electron chi connectivity index (χ2n) is 5.01. The average Bonchev–Trinajstić information content (AvgIpc) is 2.96. The van der Waals surface area contributed by atoms with Gasteiger partial charge in [0, 0.05) is 17.2 Å². The zero-order chi connectivity index (χ0) is 19.1. The lowest BCUT2D eigenvalue weighted by Crippen LogP contribution is -2.08. The molecule has 0 saturated carbocycles. The van der Waals surface area contributed by atoms with Crippen molar-refractivity contribution in [1.29, 1.82) is 0 Å². The molecule has 5 nitrogen and oxygen atoms in total. The average molecular weight is 393 g/mol. The Kier molecular flexibility index (Phi) is 4.54. The van der Waals surface area contributed by atoms with Crippen LogP contribution in [0.3, 0.4) is 0 Å². The summed E-state index contributed by atoms with van der Waals surface area (Å²) in [7, 11) is 0. The smallest absolute Gasteiger partial charge is 0.251 e. The van der Waals surface area contributed by atoms with Gasteiger partial charge in [-0.1, -0.05) is 6.92 Å². The number of pyridine rings is 1. The molecule has 0 atom stereocenters. The first-order chi connectivity index (χ1) is 12.1. The minimum Gasteiger partial charge on any atom is -0.251 e. The maximum atomic E-state index is 12.9. The van der Waals surface area contributed by atoms with Crippen molar-refractivity contribution in [3.63, 3.8) is 0 Å². The molecule has 3 aromatic rings. The molecule has 0 aromatic carbocycles. The summed E-state index contributed by atoms with van der Waals surface area (Å²) >= 11 is 1.10. The third kappa shape index (κ3) is 3.59. The fourth-order valence-electron chi connectivity index (χ4n) is 2.08. The highest BCUT2D eigenvalue weighted by atomic mass is 32.2. The molecule has 0 fully saturated rings. The van der Waals surface area contributed by atoms with Gasteiger partial charge in [-0.2, -0.15) is 26.3 Å². The number of thioether (sulfide) groups is 1. The van der Waals surface area contributed by atoms with Crippen molar-refractivity contribution in [2.75, 3.05) is 5.75 Å². The van der Waals surface area contributed by atoms with Crippen LogP contribution in [0.1, 0.15) is 18.2 Å². The Morgan fingerprint density at radius 3 is 2.38 bits per heavy atom. The van der Waals surface area contributed by atoms with Gasteiger partial charge in [0.25, 0.3) is 0 Å². The van der Waals surface area contributed by atoms with Crippen molar-refractivity contribution in [2.45, 2.75) is 24.2 Å². The number of aromatic nitrogens is 5. The molecule has 0 radical (unpaired) electrons. The summed E-state index contributed by atoms with van der Waals surface area (Å²) in [4.78, 5) is 11.2. The van der Waals surface area contributed by atoms with Crippen LogP contribution in [-0.4, -0.2) is 30.3 Å². The van der Waals surface area contributed by atoms with Gasteiger partial charge in [-0.15, -0.1) is 16.9 Å². The zero-order valence-corrected chi connectivity index (χ0v) is 13.7. The highest BCUT2D eigenvalue weighted by Crippen LogP contribution is 2.35. The number of hydrogen-bond donors (Lipinski definition) is 0. The van der Waals surface area contributed by atoms with Gasteiger partial charge in [0.15, 0.2) is 5.65 Å². The van der Waals surface area contributed by atoms with E-state index < -0.39 is 23.6 Å². The van der Waals surface area contributed by atoms with Crippen molar-refractivity contribution in [3.8, 4) is 11.5 Å². The number of nitrogens with zero attached hydrogens (tertiary/aromatic N) is 5. The highest BCUT2D eigenvalue weighted by Gasteiger charge is 2.34. The molecule has 0 bridgehead atoms. The zero-order valence-electron chi connectivity index (χ0n) is 12.9. The summed E-state index contributed by atoms with van der Waals surface area (Å²) < 4.78 is 77.8. The van der Waals surface area contributed by atoms with Gasteiger partial charge in [0.2, 0.25) is 5.82 Å². The summed E-state index contributed by atoms with van der Waals surface area (Å²) in [5, 5.41) is 3.96. The Bertz CT molecular complexity index is 949. The van der Waals surface area contributed by atoms with E-state index in [1.165, 1.54) is 0 Å². The molecule has 0 spiro atoms. The molecule has 3 rings (SSSR count). The maximum Gasteiger partial charge on any atom is 0.433 e. The second-order valence-corrected chi connectivity index (χ2v) is 6.32. The van der Waals surface area contributed by atoms with E-state index in [0.29, 0.717) is 18.0 Å². The van der Waals surface area contributed by atoms with Crippen molar-refractivity contribution in [2.24, 2.45) is 0 Å². The van der Waals surface area contributed by atoms with E-state index >= 15 is 0 Å². The van der Waals surface area contributed by atoms with Crippen LogP contribution in [0.4, 0.5) is 26.3 Å². The van der Waals surface area contributed by atoms with E-state index in [4.69, 9.17) is 0 Å². The summed E-state index contributed by atoms with van der Waals surface area (Å²) in [6, 6.07) is 1.62. The SMILES string of the molecule is CCSc1cc(C(F)(F)F)cnc1-c1nc2cc(C(F)(F)F)ncn2n1. The molecule has 3 aromatic heterocycles. The van der Waals surface area contributed by atoms with Gasteiger partial charge in [-0.25, -0.2) is 14.5 Å². The van der Waals surface area contributed by atoms with Crippen LogP contribution >= 0.6 is 11.8 Å². The number of halogens is 6. The summed E-state index contributed by atoms with van der Waals surface area (Å²) in [5.41, 5.74) is -2.16. The van der Waals surface area contributed by atoms with Crippen LogP contribution in [0.5, 0.6) is 0 Å². The molecule has 0 aliphatic rings. The Hall–Kier alpha value is -2.37. The summed E-state index contributed by atoms with van der Waals surface area (Å²) in [6.07, 6.45) is -7.73. The van der Waals surface area contributed by atoms with E-state index in [-0.39, 0.29) is 22.1 Å². The molecule has 12 heteroatoms. The lowest BCUT2D eigenvalue weighted by Gasteiger charge is -2.10. The van der Waals surface area contributed by atoms with Crippen LogP contribution in [-0.2, 0) is 12.4 Å². The Labute approximate surface area is 146 Å². The van der Waals surface area contributed by atoms with Gasteiger partial charge in [0.05, 0.1) is 5.56 Å². The fraction of sp³-hybridized carbons (Fsp3) is 0.286. The third-order valence-electron chi connectivity index (χ3n) is 3.21. The van der Waals surface area contributed by atoms with Crippen molar-refractivity contribution >= 4 is 17.4 Å². The van der Waals surface area contributed by atoms with E-state index in [2.05, 4.69) is 20.1 Å². The Morgan fingerprint density at radius 1 is 1.04 bits per heavy atom. The second kappa shape index (κ2) is 6.41. The quantitative estimate of drug-likeness (QED) is 0.490. The predicted octanol–water partition coefficient (Wildman–Crippen LogP) is 4.34. The topological polar surface area (TPSA) is 56.0 Å². The monoisotopic (exact) mass is 393 g/mol. The Balaban J connectivity index is 2.10. The molecule has 3 heterocycles. The van der Waals surface area contributed by atoms with E-state index in [1.54, 1.807) is 6.92 Å².